The van der Waals surface area contributed by atoms with Crippen LogP contribution in [0.2, 0.25) is 0 Å². The molecule has 0 bridgehead atoms. The van der Waals surface area contributed by atoms with E-state index < -0.39 is 6.10 Å². The van der Waals surface area contributed by atoms with E-state index in [-0.39, 0.29) is 0 Å². The minimum Gasteiger partial charge on any atom is -0.457 e. The second-order valence-electron chi connectivity index (χ2n) is 6.06. The van der Waals surface area contributed by atoms with Gasteiger partial charge < -0.3 is 20.1 Å². The molecular formula is C19H20N4O2S. The highest BCUT2D eigenvalue weighted by molar-refractivity contribution is 7.09. The monoisotopic (exact) mass is 368 g/mol. The third-order valence-electron chi connectivity index (χ3n) is 4.24. The second-order valence-corrected chi connectivity index (χ2v) is 6.79. The molecule has 2 N–H and O–H groups in total. The second kappa shape index (κ2) is 7.82. The maximum atomic E-state index is 10.6. The number of rotatable bonds is 5. The molecule has 6 nitrogen and oxygen atoms in total. The average Bonchev–Trinajstić information content (AvgIpc) is 3.20. The molecule has 0 amide bonds. The number of piperazine rings is 1. The van der Waals surface area contributed by atoms with Crippen LogP contribution in [0.3, 0.4) is 0 Å². The van der Waals surface area contributed by atoms with Crippen LogP contribution in [-0.2, 0) is 0 Å². The van der Waals surface area contributed by atoms with E-state index in [1.807, 2.05) is 54.6 Å². The fraction of sp³-hybridized carbons (Fsp3) is 0.263. The van der Waals surface area contributed by atoms with Crippen molar-refractivity contribution in [2.24, 2.45) is 0 Å². The lowest BCUT2D eigenvalue weighted by Gasteiger charge is -2.26. The summed E-state index contributed by atoms with van der Waals surface area (Å²) in [6, 6.07) is 17.0. The van der Waals surface area contributed by atoms with Crippen molar-refractivity contribution in [3.63, 3.8) is 0 Å². The van der Waals surface area contributed by atoms with E-state index in [0.717, 1.165) is 48.4 Å². The molecule has 2 heterocycles. The number of para-hydroxylation sites is 1. The molecule has 1 unspecified atom stereocenters. The zero-order chi connectivity index (χ0) is 17.8. The molecule has 26 heavy (non-hydrogen) atoms. The van der Waals surface area contributed by atoms with Crippen molar-refractivity contribution in [2.45, 2.75) is 6.10 Å². The van der Waals surface area contributed by atoms with Crippen molar-refractivity contribution in [1.29, 1.82) is 0 Å². The maximum Gasteiger partial charge on any atom is 0.205 e. The minimum atomic E-state index is -0.839. The van der Waals surface area contributed by atoms with E-state index in [2.05, 4.69) is 19.6 Å². The molecule has 1 aromatic heterocycles. The van der Waals surface area contributed by atoms with Crippen LogP contribution in [0, 0.1) is 0 Å². The van der Waals surface area contributed by atoms with E-state index in [0.29, 0.717) is 5.82 Å². The molecule has 0 aliphatic carbocycles. The number of aliphatic hydroxyl groups excluding tert-OH is 1. The van der Waals surface area contributed by atoms with Gasteiger partial charge in [0.05, 0.1) is 0 Å². The van der Waals surface area contributed by atoms with Gasteiger partial charge in [-0.2, -0.15) is 4.37 Å². The highest BCUT2D eigenvalue weighted by Gasteiger charge is 2.20. The first-order valence-electron chi connectivity index (χ1n) is 8.60. The zero-order valence-corrected chi connectivity index (χ0v) is 15.0. The Bertz CT molecular complexity index is 832. The molecular weight excluding hydrogens is 348 g/mol. The van der Waals surface area contributed by atoms with Crippen molar-refractivity contribution >= 4 is 16.7 Å². The van der Waals surface area contributed by atoms with Gasteiger partial charge in [0.15, 0.2) is 5.82 Å². The Hall–Kier alpha value is -2.48. The number of hydrogen-bond donors (Lipinski definition) is 2. The summed E-state index contributed by atoms with van der Waals surface area (Å²) in [6.45, 7) is 3.72. The van der Waals surface area contributed by atoms with Crippen LogP contribution in [0.4, 0.5) is 5.13 Å². The van der Waals surface area contributed by atoms with Crippen molar-refractivity contribution < 1.29 is 9.84 Å². The molecule has 4 rings (SSSR count). The zero-order valence-electron chi connectivity index (χ0n) is 14.2. The van der Waals surface area contributed by atoms with Crippen LogP contribution >= 0.6 is 11.5 Å². The van der Waals surface area contributed by atoms with Gasteiger partial charge in [-0.1, -0.05) is 30.3 Å². The summed E-state index contributed by atoms with van der Waals surface area (Å²) in [5.74, 6) is 1.95. The largest absolute Gasteiger partial charge is 0.457 e. The quantitative estimate of drug-likeness (QED) is 0.722. The van der Waals surface area contributed by atoms with Gasteiger partial charge in [-0.25, -0.2) is 4.98 Å². The Labute approximate surface area is 156 Å². The van der Waals surface area contributed by atoms with Crippen LogP contribution in [0.5, 0.6) is 11.5 Å². The number of benzene rings is 2. The molecule has 1 aliphatic heterocycles. The summed E-state index contributed by atoms with van der Waals surface area (Å²) in [4.78, 5) is 6.72. The highest BCUT2D eigenvalue weighted by atomic mass is 32.1. The lowest BCUT2D eigenvalue weighted by Crippen LogP contribution is -2.43. The van der Waals surface area contributed by atoms with E-state index in [1.165, 1.54) is 11.5 Å². The highest BCUT2D eigenvalue weighted by Crippen LogP contribution is 2.27. The maximum absolute atomic E-state index is 10.6. The molecule has 134 valence electrons. The van der Waals surface area contributed by atoms with Gasteiger partial charge in [0.25, 0.3) is 0 Å². The van der Waals surface area contributed by atoms with Crippen LogP contribution in [0.1, 0.15) is 17.5 Å². The predicted octanol–water partition coefficient (Wildman–Crippen LogP) is 2.82. The van der Waals surface area contributed by atoms with Crippen LogP contribution in [0.15, 0.2) is 54.6 Å². The van der Waals surface area contributed by atoms with Gasteiger partial charge in [-0.15, -0.1) is 0 Å². The van der Waals surface area contributed by atoms with E-state index in [4.69, 9.17) is 4.74 Å². The first kappa shape index (κ1) is 17.0. The van der Waals surface area contributed by atoms with E-state index in [1.54, 1.807) is 0 Å². The SMILES string of the molecule is OC(c1ccc(Oc2ccccc2)cc1)c1nsc(N2CCNCC2)n1. The molecule has 1 atom stereocenters. The fourth-order valence-corrected chi connectivity index (χ4v) is 3.56. The first-order valence-corrected chi connectivity index (χ1v) is 9.37. The van der Waals surface area contributed by atoms with Crippen molar-refractivity contribution in [3.8, 4) is 11.5 Å². The summed E-state index contributed by atoms with van der Waals surface area (Å²) >= 11 is 1.34. The average molecular weight is 368 g/mol. The van der Waals surface area contributed by atoms with Gasteiger partial charge in [0, 0.05) is 37.7 Å². The first-order chi connectivity index (χ1) is 12.8. The number of anilines is 1. The Balaban J connectivity index is 1.44. The van der Waals surface area contributed by atoms with Crippen LogP contribution < -0.4 is 15.0 Å². The van der Waals surface area contributed by atoms with Gasteiger partial charge in [0.1, 0.15) is 17.6 Å². The summed E-state index contributed by atoms with van der Waals surface area (Å²) in [5, 5.41) is 14.8. The van der Waals surface area contributed by atoms with Crippen molar-refractivity contribution in [1.82, 2.24) is 14.7 Å². The summed E-state index contributed by atoms with van der Waals surface area (Å²) in [7, 11) is 0. The van der Waals surface area contributed by atoms with Crippen LogP contribution in [-0.4, -0.2) is 40.6 Å². The number of hydrogen-bond acceptors (Lipinski definition) is 7. The topological polar surface area (TPSA) is 70.5 Å². The molecule has 2 aromatic carbocycles. The third kappa shape index (κ3) is 3.85. The predicted molar refractivity (Wildman–Crippen MR) is 102 cm³/mol. The third-order valence-corrected chi connectivity index (χ3v) is 5.03. The number of nitrogens with zero attached hydrogens (tertiary/aromatic N) is 3. The van der Waals surface area contributed by atoms with Crippen LogP contribution in [0.25, 0.3) is 0 Å². The van der Waals surface area contributed by atoms with Crippen molar-refractivity contribution in [2.75, 3.05) is 31.1 Å². The molecule has 1 fully saturated rings. The molecule has 3 aromatic rings. The molecule has 0 spiro atoms. The molecule has 0 radical (unpaired) electrons. The van der Waals surface area contributed by atoms with Gasteiger partial charge in [-0.3, -0.25) is 0 Å². The lowest BCUT2D eigenvalue weighted by molar-refractivity contribution is 0.211. The summed E-state index contributed by atoms with van der Waals surface area (Å²) in [6.07, 6.45) is -0.839. The van der Waals surface area contributed by atoms with Gasteiger partial charge >= 0.3 is 0 Å². The van der Waals surface area contributed by atoms with Gasteiger partial charge in [-0.05, 0) is 29.8 Å². The van der Waals surface area contributed by atoms with Crippen molar-refractivity contribution in [3.05, 3.63) is 66.0 Å². The van der Waals surface area contributed by atoms with E-state index in [9.17, 15) is 5.11 Å². The Morgan fingerprint density at radius 1 is 1.00 bits per heavy atom. The Morgan fingerprint density at radius 3 is 2.42 bits per heavy atom. The fourth-order valence-electron chi connectivity index (χ4n) is 2.81. The van der Waals surface area contributed by atoms with E-state index >= 15 is 0 Å². The normalized spacial score (nSPS) is 15.7. The summed E-state index contributed by atoms with van der Waals surface area (Å²) < 4.78 is 10.1. The Kier molecular flexibility index (Phi) is 5.10. The Morgan fingerprint density at radius 2 is 1.69 bits per heavy atom. The lowest BCUT2D eigenvalue weighted by atomic mass is 10.1. The molecule has 1 saturated heterocycles. The smallest absolute Gasteiger partial charge is 0.205 e. The number of aromatic nitrogens is 2. The molecule has 0 saturated carbocycles. The molecule has 7 heteroatoms. The number of aliphatic hydroxyl groups is 1. The summed E-state index contributed by atoms with van der Waals surface area (Å²) in [5.41, 5.74) is 0.745. The number of nitrogens with one attached hydrogen (secondary N) is 1. The minimum absolute atomic E-state index is 0.445. The van der Waals surface area contributed by atoms with Gasteiger partial charge in [0.2, 0.25) is 5.13 Å². The molecule has 1 aliphatic rings. The number of ether oxygens (including phenoxy) is 1. The standard InChI is InChI=1S/C19H20N4O2S/c24-17(18-21-19(26-22-18)23-12-10-20-11-13-23)14-6-8-16(9-7-14)25-15-4-2-1-3-5-15/h1-9,17,20,24H,10-13H2.